The zero-order valence-corrected chi connectivity index (χ0v) is 11.8. The molecule has 0 saturated carbocycles. The zero-order chi connectivity index (χ0) is 12.8. The van der Waals surface area contributed by atoms with E-state index in [9.17, 15) is 0 Å². The summed E-state index contributed by atoms with van der Waals surface area (Å²) in [5, 5.41) is 0.794. The van der Waals surface area contributed by atoms with E-state index in [1.165, 1.54) is 11.3 Å². The van der Waals surface area contributed by atoms with E-state index in [0.717, 1.165) is 31.0 Å². The Bertz CT molecular complexity index is 350. The highest BCUT2D eigenvalue weighted by Crippen LogP contribution is 2.26. The number of benzene rings is 1. The molecule has 0 amide bonds. The van der Waals surface area contributed by atoms with Crippen LogP contribution in [0.15, 0.2) is 18.2 Å². The Kier molecular flexibility index (Phi) is 5.79. The van der Waals surface area contributed by atoms with Crippen molar-refractivity contribution in [1.82, 2.24) is 0 Å². The molecule has 1 rings (SSSR count). The minimum atomic E-state index is 0.176. The van der Waals surface area contributed by atoms with Gasteiger partial charge in [0.15, 0.2) is 0 Å². The van der Waals surface area contributed by atoms with Gasteiger partial charge in [-0.05, 0) is 44.4 Å². The van der Waals surface area contributed by atoms with Gasteiger partial charge in [-0.2, -0.15) is 0 Å². The first-order valence-corrected chi connectivity index (χ1v) is 6.75. The van der Waals surface area contributed by atoms with Crippen LogP contribution in [0.1, 0.15) is 32.8 Å². The maximum Gasteiger partial charge on any atom is 0.0426 e. The van der Waals surface area contributed by atoms with Gasteiger partial charge < -0.3 is 10.6 Å². The fourth-order valence-corrected chi connectivity index (χ4v) is 2.24. The Morgan fingerprint density at radius 1 is 1.35 bits per heavy atom. The number of rotatable bonds is 6. The summed E-state index contributed by atoms with van der Waals surface area (Å²) in [5.41, 5.74) is 8.42. The van der Waals surface area contributed by atoms with Crippen LogP contribution < -0.4 is 10.6 Å². The first-order valence-electron chi connectivity index (χ1n) is 6.37. The van der Waals surface area contributed by atoms with Crippen LogP contribution in [0.2, 0.25) is 5.02 Å². The molecule has 0 radical (unpaired) electrons. The molecule has 0 aliphatic rings. The SMILES string of the molecule is CCCN(CC)c1cc(Cl)ccc1CC(C)N. The molecule has 0 saturated heterocycles. The van der Waals surface area contributed by atoms with Crippen molar-refractivity contribution in [1.29, 1.82) is 0 Å². The normalized spacial score (nSPS) is 12.5. The fourth-order valence-electron chi connectivity index (χ4n) is 2.07. The van der Waals surface area contributed by atoms with Crippen LogP contribution in [0.25, 0.3) is 0 Å². The summed E-state index contributed by atoms with van der Waals surface area (Å²) < 4.78 is 0. The third kappa shape index (κ3) is 4.21. The Morgan fingerprint density at radius 2 is 2.06 bits per heavy atom. The predicted molar refractivity (Wildman–Crippen MR) is 77.0 cm³/mol. The van der Waals surface area contributed by atoms with Gasteiger partial charge in [0.2, 0.25) is 0 Å². The molecule has 0 bridgehead atoms. The minimum absolute atomic E-state index is 0.176. The van der Waals surface area contributed by atoms with E-state index >= 15 is 0 Å². The summed E-state index contributed by atoms with van der Waals surface area (Å²) >= 11 is 6.10. The second-order valence-corrected chi connectivity index (χ2v) is 4.97. The Morgan fingerprint density at radius 3 is 2.59 bits per heavy atom. The standard InChI is InChI=1S/C14H23ClN2/c1-4-8-17(5-2)14-10-13(15)7-6-12(14)9-11(3)16/h6-7,10-11H,4-5,8-9,16H2,1-3H3. The number of halogens is 1. The Balaban J connectivity index is 3.03. The molecule has 2 N–H and O–H groups in total. The molecule has 96 valence electrons. The average molecular weight is 255 g/mol. The Hall–Kier alpha value is -0.730. The van der Waals surface area contributed by atoms with Gasteiger partial charge in [-0.15, -0.1) is 0 Å². The van der Waals surface area contributed by atoms with Crippen molar-refractivity contribution >= 4 is 17.3 Å². The molecular weight excluding hydrogens is 232 g/mol. The summed E-state index contributed by atoms with van der Waals surface area (Å²) in [6.45, 7) is 8.46. The fraction of sp³-hybridized carbons (Fsp3) is 0.571. The number of nitrogens with two attached hydrogens (primary N) is 1. The lowest BCUT2D eigenvalue weighted by molar-refractivity contribution is 0.726. The van der Waals surface area contributed by atoms with E-state index < -0.39 is 0 Å². The lowest BCUT2D eigenvalue weighted by Gasteiger charge is -2.26. The number of hydrogen-bond donors (Lipinski definition) is 1. The first-order chi connectivity index (χ1) is 8.08. The highest BCUT2D eigenvalue weighted by Gasteiger charge is 2.11. The maximum absolute atomic E-state index is 6.10. The molecule has 2 nitrogen and oxygen atoms in total. The molecule has 1 aromatic rings. The highest BCUT2D eigenvalue weighted by atomic mass is 35.5. The van der Waals surface area contributed by atoms with Gasteiger partial charge >= 0.3 is 0 Å². The Labute approximate surface area is 110 Å². The predicted octanol–water partition coefficient (Wildman–Crippen LogP) is 3.47. The smallest absolute Gasteiger partial charge is 0.0426 e. The summed E-state index contributed by atoms with van der Waals surface area (Å²) in [6, 6.07) is 6.27. The molecule has 0 fully saturated rings. The molecule has 0 aliphatic carbocycles. The van der Waals surface area contributed by atoms with Gasteiger partial charge in [0.1, 0.15) is 0 Å². The molecule has 1 unspecified atom stereocenters. The van der Waals surface area contributed by atoms with Crippen LogP contribution >= 0.6 is 11.6 Å². The molecule has 3 heteroatoms. The largest absolute Gasteiger partial charge is 0.372 e. The molecular formula is C14H23ClN2. The van der Waals surface area contributed by atoms with Gasteiger partial charge in [0.05, 0.1) is 0 Å². The summed E-state index contributed by atoms with van der Waals surface area (Å²) in [4.78, 5) is 2.36. The summed E-state index contributed by atoms with van der Waals surface area (Å²) in [7, 11) is 0. The molecule has 1 aromatic carbocycles. The van der Waals surface area contributed by atoms with Crippen LogP contribution in [0.3, 0.4) is 0 Å². The van der Waals surface area contributed by atoms with Crippen molar-refractivity contribution in [2.24, 2.45) is 5.73 Å². The molecule has 1 atom stereocenters. The van der Waals surface area contributed by atoms with Gasteiger partial charge in [-0.25, -0.2) is 0 Å². The zero-order valence-electron chi connectivity index (χ0n) is 11.0. The number of nitrogens with zero attached hydrogens (tertiary/aromatic N) is 1. The summed E-state index contributed by atoms with van der Waals surface area (Å²) in [5.74, 6) is 0. The van der Waals surface area contributed by atoms with Crippen molar-refractivity contribution < 1.29 is 0 Å². The van der Waals surface area contributed by atoms with Gasteiger partial charge in [-0.3, -0.25) is 0 Å². The van der Waals surface area contributed by atoms with Crippen LogP contribution in [0.4, 0.5) is 5.69 Å². The van der Waals surface area contributed by atoms with Crippen LogP contribution in [0, 0.1) is 0 Å². The third-order valence-corrected chi connectivity index (χ3v) is 3.04. The molecule has 0 aromatic heterocycles. The van der Waals surface area contributed by atoms with E-state index in [1.54, 1.807) is 0 Å². The number of anilines is 1. The van der Waals surface area contributed by atoms with E-state index in [-0.39, 0.29) is 6.04 Å². The molecule has 17 heavy (non-hydrogen) atoms. The number of hydrogen-bond acceptors (Lipinski definition) is 2. The van der Waals surface area contributed by atoms with Crippen molar-refractivity contribution in [3.05, 3.63) is 28.8 Å². The average Bonchev–Trinajstić information content (AvgIpc) is 2.28. The van der Waals surface area contributed by atoms with Crippen molar-refractivity contribution in [3.63, 3.8) is 0 Å². The molecule has 0 spiro atoms. The van der Waals surface area contributed by atoms with Crippen LogP contribution in [0.5, 0.6) is 0 Å². The van der Waals surface area contributed by atoms with Gasteiger partial charge in [0, 0.05) is 29.8 Å². The minimum Gasteiger partial charge on any atom is -0.372 e. The first kappa shape index (κ1) is 14.3. The van der Waals surface area contributed by atoms with E-state index in [1.807, 2.05) is 13.0 Å². The topological polar surface area (TPSA) is 29.3 Å². The van der Waals surface area contributed by atoms with E-state index in [0.29, 0.717) is 0 Å². The highest BCUT2D eigenvalue weighted by molar-refractivity contribution is 6.30. The maximum atomic E-state index is 6.10. The van der Waals surface area contributed by atoms with Crippen molar-refractivity contribution in [2.75, 3.05) is 18.0 Å². The van der Waals surface area contributed by atoms with Crippen molar-refractivity contribution in [3.8, 4) is 0 Å². The molecule has 0 aliphatic heterocycles. The second-order valence-electron chi connectivity index (χ2n) is 4.53. The van der Waals surface area contributed by atoms with Crippen molar-refractivity contribution in [2.45, 2.75) is 39.7 Å². The lowest BCUT2D eigenvalue weighted by Crippen LogP contribution is -2.26. The monoisotopic (exact) mass is 254 g/mol. The second kappa shape index (κ2) is 6.87. The molecule has 0 heterocycles. The quantitative estimate of drug-likeness (QED) is 0.842. The summed E-state index contributed by atoms with van der Waals surface area (Å²) in [6.07, 6.45) is 2.03. The van der Waals surface area contributed by atoms with Crippen LogP contribution in [-0.4, -0.2) is 19.1 Å². The van der Waals surface area contributed by atoms with Crippen LogP contribution in [-0.2, 0) is 6.42 Å². The lowest BCUT2D eigenvalue weighted by atomic mass is 10.0. The van der Waals surface area contributed by atoms with E-state index in [2.05, 4.69) is 30.9 Å². The van der Waals surface area contributed by atoms with Gasteiger partial charge in [0.25, 0.3) is 0 Å². The van der Waals surface area contributed by atoms with E-state index in [4.69, 9.17) is 17.3 Å². The third-order valence-electron chi connectivity index (χ3n) is 2.81. The van der Waals surface area contributed by atoms with Gasteiger partial charge in [-0.1, -0.05) is 24.6 Å².